The molecular formula is C13H18BrN3O6S. The molecule has 1 fully saturated rings. The number of amides is 1. The molecule has 0 radical (unpaired) electrons. The quantitative estimate of drug-likeness (QED) is 0.352. The Bertz CT molecular complexity index is 672. The number of hydrogen-bond donors (Lipinski definition) is 4. The molecule has 1 aromatic heterocycles. The Morgan fingerprint density at radius 3 is 2.71 bits per heavy atom. The van der Waals surface area contributed by atoms with Gasteiger partial charge in [0.05, 0.1) is 6.61 Å². The zero-order chi connectivity index (χ0) is 18.0. The number of halogens is 1. The molecule has 9 nitrogen and oxygen atoms in total. The van der Waals surface area contributed by atoms with Crippen LogP contribution in [0.3, 0.4) is 0 Å². The maximum atomic E-state index is 11.7. The third kappa shape index (κ3) is 3.81. The Morgan fingerprint density at radius 1 is 1.50 bits per heavy atom. The van der Waals surface area contributed by atoms with Crippen molar-refractivity contribution in [3.05, 3.63) is 21.0 Å². The van der Waals surface area contributed by atoms with E-state index in [0.717, 1.165) is 0 Å². The Hall–Kier alpha value is -0.980. The first-order chi connectivity index (χ1) is 11.3. The number of rotatable bonds is 4. The molecule has 2 heterocycles. The molecule has 134 valence electrons. The molecular weight excluding hydrogens is 406 g/mol. The van der Waals surface area contributed by atoms with Gasteiger partial charge in [-0.1, -0.05) is 11.8 Å². The first-order valence-corrected chi connectivity index (χ1v) is 9.04. The van der Waals surface area contributed by atoms with Gasteiger partial charge in [-0.2, -0.15) is 4.98 Å². The van der Waals surface area contributed by atoms with Crippen molar-refractivity contribution in [3.63, 3.8) is 0 Å². The monoisotopic (exact) mass is 423 g/mol. The molecule has 1 aromatic rings. The summed E-state index contributed by atoms with van der Waals surface area (Å²) in [4.78, 5) is 27.1. The van der Waals surface area contributed by atoms with Crippen molar-refractivity contribution in [1.82, 2.24) is 14.9 Å². The summed E-state index contributed by atoms with van der Waals surface area (Å²) in [5.41, 5.74) is -0.471. The lowest BCUT2D eigenvalue weighted by Crippen LogP contribution is -2.62. The van der Waals surface area contributed by atoms with E-state index in [0.29, 0.717) is 5.16 Å². The van der Waals surface area contributed by atoms with Crippen LogP contribution in [0.15, 0.2) is 20.6 Å². The highest BCUT2D eigenvalue weighted by molar-refractivity contribution is 9.10. The number of thioether (sulfide) groups is 1. The van der Waals surface area contributed by atoms with Gasteiger partial charge in [-0.05, 0) is 22.2 Å². The minimum atomic E-state index is -1.38. The van der Waals surface area contributed by atoms with Gasteiger partial charge in [0.25, 0.3) is 5.56 Å². The molecule has 0 aliphatic carbocycles. The van der Waals surface area contributed by atoms with Crippen LogP contribution in [-0.4, -0.2) is 68.0 Å². The summed E-state index contributed by atoms with van der Waals surface area (Å²) in [7, 11) is 0. The smallest absolute Gasteiger partial charge is 0.287 e. The van der Waals surface area contributed by atoms with Crippen LogP contribution in [0.2, 0.25) is 0 Å². The second-order valence-electron chi connectivity index (χ2n) is 5.24. The van der Waals surface area contributed by atoms with E-state index in [4.69, 9.17) is 4.74 Å². The van der Waals surface area contributed by atoms with E-state index in [-0.39, 0.29) is 4.47 Å². The van der Waals surface area contributed by atoms with E-state index in [1.165, 1.54) is 29.4 Å². The molecule has 0 aromatic carbocycles. The number of carbonyl (C=O) groups is 1. The lowest BCUT2D eigenvalue weighted by Gasteiger charge is -2.43. The largest absolute Gasteiger partial charge is 0.394 e. The number of carbonyl (C=O) groups excluding carboxylic acids is 1. The van der Waals surface area contributed by atoms with Crippen LogP contribution in [0.5, 0.6) is 0 Å². The number of nitrogens with one attached hydrogen (secondary N) is 1. The molecule has 1 aliphatic heterocycles. The topological polar surface area (TPSA) is 134 Å². The van der Waals surface area contributed by atoms with Gasteiger partial charge in [0.15, 0.2) is 11.4 Å². The van der Waals surface area contributed by atoms with Crippen LogP contribution >= 0.6 is 27.7 Å². The number of aliphatic hydroxyl groups is 3. The van der Waals surface area contributed by atoms with E-state index in [1.54, 1.807) is 6.26 Å². The molecule has 0 saturated carbocycles. The average Bonchev–Trinajstić information content (AvgIpc) is 2.54. The van der Waals surface area contributed by atoms with Gasteiger partial charge in [-0.3, -0.25) is 14.2 Å². The number of hydrogen-bond acceptors (Lipinski definition) is 8. The zero-order valence-electron chi connectivity index (χ0n) is 12.9. The van der Waals surface area contributed by atoms with E-state index in [2.05, 4.69) is 26.2 Å². The summed E-state index contributed by atoms with van der Waals surface area (Å²) < 4.78 is 7.31. The highest BCUT2D eigenvalue weighted by atomic mass is 79.9. The Morgan fingerprint density at radius 2 is 2.17 bits per heavy atom. The predicted octanol–water partition coefficient (Wildman–Crippen LogP) is -1.16. The summed E-state index contributed by atoms with van der Waals surface area (Å²) in [5.74, 6) is -0.430. The second kappa shape index (κ2) is 7.93. The lowest BCUT2D eigenvalue weighted by molar-refractivity contribution is -0.218. The van der Waals surface area contributed by atoms with Crippen LogP contribution in [0, 0.1) is 0 Å². The van der Waals surface area contributed by atoms with Gasteiger partial charge in [0.1, 0.15) is 28.8 Å². The fourth-order valence-corrected chi connectivity index (χ4v) is 3.34. The van der Waals surface area contributed by atoms with Crippen molar-refractivity contribution in [2.75, 3.05) is 12.9 Å². The van der Waals surface area contributed by atoms with E-state index >= 15 is 0 Å². The predicted molar refractivity (Wildman–Crippen MR) is 88.6 cm³/mol. The average molecular weight is 424 g/mol. The summed E-state index contributed by atoms with van der Waals surface area (Å²) in [5, 5.41) is 32.6. The summed E-state index contributed by atoms with van der Waals surface area (Å²) in [6, 6.07) is -0.998. The maximum absolute atomic E-state index is 11.7. The fraction of sp³-hybridized carbons (Fsp3) is 0.615. The van der Waals surface area contributed by atoms with Crippen LogP contribution < -0.4 is 10.9 Å². The third-order valence-electron chi connectivity index (χ3n) is 3.60. The highest BCUT2D eigenvalue weighted by Crippen LogP contribution is 2.31. The molecule has 1 saturated heterocycles. The van der Waals surface area contributed by atoms with Gasteiger partial charge in [-0.25, -0.2) is 0 Å². The molecule has 1 amide bonds. The van der Waals surface area contributed by atoms with Gasteiger partial charge >= 0.3 is 0 Å². The first-order valence-electron chi connectivity index (χ1n) is 7.02. The molecule has 4 N–H and O–H groups in total. The molecule has 0 bridgehead atoms. The van der Waals surface area contributed by atoms with Crippen molar-refractivity contribution in [2.45, 2.75) is 42.7 Å². The van der Waals surface area contributed by atoms with E-state index < -0.39 is 48.7 Å². The minimum absolute atomic E-state index is 0.173. The summed E-state index contributed by atoms with van der Waals surface area (Å²) in [6.45, 7) is 0.744. The van der Waals surface area contributed by atoms with Crippen LogP contribution in [0.4, 0.5) is 0 Å². The van der Waals surface area contributed by atoms with Gasteiger partial charge < -0.3 is 25.4 Å². The zero-order valence-corrected chi connectivity index (χ0v) is 15.3. The second-order valence-corrected chi connectivity index (χ2v) is 6.87. The summed E-state index contributed by atoms with van der Waals surface area (Å²) in [6.07, 6.45) is -1.65. The standard InChI is InChI=1S/C13H18BrN3O6S/c1-5(19)15-8-10(21)9(20)7(4-18)23-12(8)17-3-6(14)11(22)16-13(17)24-2/h3,7-10,12,18,20-21H,4H2,1-2H3,(H,15,19)/t7-,8-,9-,10-,12-/m1/s1. The molecule has 0 spiro atoms. The fourth-order valence-electron chi connectivity index (χ4n) is 2.49. The molecule has 5 atom stereocenters. The van der Waals surface area contributed by atoms with Crippen LogP contribution in [0.1, 0.15) is 13.2 Å². The number of aromatic nitrogens is 2. The Kier molecular flexibility index (Phi) is 6.39. The van der Waals surface area contributed by atoms with E-state index in [9.17, 15) is 24.9 Å². The minimum Gasteiger partial charge on any atom is -0.394 e. The SMILES string of the molecule is CSc1nc(=O)c(Br)cn1[C@@H]1O[C@H](CO)[C@@H](O)[C@H](O)[C@H]1NC(C)=O. The Balaban J connectivity index is 2.52. The van der Waals surface area contributed by atoms with Crippen molar-refractivity contribution in [2.24, 2.45) is 0 Å². The lowest BCUT2D eigenvalue weighted by atomic mass is 9.96. The molecule has 24 heavy (non-hydrogen) atoms. The van der Waals surface area contributed by atoms with Crippen molar-refractivity contribution < 1.29 is 24.9 Å². The van der Waals surface area contributed by atoms with Gasteiger partial charge in [0.2, 0.25) is 5.91 Å². The van der Waals surface area contributed by atoms with Crippen molar-refractivity contribution in [1.29, 1.82) is 0 Å². The van der Waals surface area contributed by atoms with Gasteiger partial charge in [-0.15, -0.1) is 0 Å². The Labute approximate surface area is 150 Å². The number of ether oxygens (including phenoxy) is 1. The van der Waals surface area contributed by atoms with Crippen molar-refractivity contribution in [3.8, 4) is 0 Å². The molecule has 11 heteroatoms. The highest BCUT2D eigenvalue weighted by Gasteiger charge is 2.46. The maximum Gasteiger partial charge on any atom is 0.287 e. The summed E-state index contributed by atoms with van der Waals surface area (Å²) >= 11 is 4.27. The number of aliphatic hydroxyl groups excluding tert-OH is 3. The number of nitrogens with zero attached hydrogens (tertiary/aromatic N) is 2. The molecule has 1 aliphatic rings. The van der Waals surface area contributed by atoms with Crippen LogP contribution in [0.25, 0.3) is 0 Å². The normalized spacial score (nSPS) is 30.2. The van der Waals surface area contributed by atoms with E-state index in [1.807, 2.05) is 0 Å². The first kappa shape index (κ1) is 19.3. The van der Waals surface area contributed by atoms with Crippen molar-refractivity contribution >= 4 is 33.6 Å². The molecule has 0 unspecified atom stereocenters. The molecule has 2 rings (SSSR count). The van der Waals surface area contributed by atoms with Gasteiger partial charge in [0, 0.05) is 13.1 Å². The third-order valence-corrected chi connectivity index (χ3v) is 4.81. The van der Waals surface area contributed by atoms with Crippen LogP contribution in [-0.2, 0) is 9.53 Å².